The van der Waals surface area contributed by atoms with Crippen LogP contribution in [-0.4, -0.2) is 80.2 Å². The van der Waals surface area contributed by atoms with Crippen molar-refractivity contribution < 1.29 is 28.9 Å². The zero-order valence-electron chi connectivity index (χ0n) is 19.8. The Kier molecular flexibility index (Phi) is 7.95. The first-order valence-electron chi connectivity index (χ1n) is 11.5. The van der Waals surface area contributed by atoms with Crippen LogP contribution < -0.4 is 9.47 Å². The molecule has 2 aliphatic rings. The number of halogens is 1. The number of carbonyl (C=O) groups is 2. The van der Waals surface area contributed by atoms with Gasteiger partial charge < -0.3 is 24.2 Å². The van der Waals surface area contributed by atoms with Crippen molar-refractivity contribution in [2.45, 2.75) is 12.5 Å². The predicted octanol–water partition coefficient (Wildman–Crippen LogP) is 3.50. The van der Waals surface area contributed by atoms with E-state index in [4.69, 9.17) is 25.8 Å². The van der Waals surface area contributed by atoms with Crippen LogP contribution in [0, 0.1) is 0 Å². The number of para-hydroxylation sites is 1. The molecule has 0 unspecified atom stereocenters. The van der Waals surface area contributed by atoms with Crippen LogP contribution in [0.5, 0.6) is 11.5 Å². The number of carbonyl (C=O) groups excluding carboxylic acids is 2. The second kappa shape index (κ2) is 11.1. The maximum absolute atomic E-state index is 13.3. The quantitative estimate of drug-likeness (QED) is 0.337. The summed E-state index contributed by atoms with van der Waals surface area (Å²) in [5.41, 5.74) is 0.954. The molecule has 0 aromatic heterocycles. The molecule has 1 amide bonds. The summed E-state index contributed by atoms with van der Waals surface area (Å²) >= 11 is 6.26. The molecule has 1 atom stereocenters. The van der Waals surface area contributed by atoms with E-state index in [0.717, 1.165) is 19.6 Å². The Morgan fingerprint density at radius 2 is 1.77 bits per heavy atom. The van der Waals surface area contributed by atoms with E-state index in [9.17, 15) is 14.7 Å². The van der Waals surface area contributed by atoms with Crippen molar-refractivity contribution in [1.29, 1.82) is 0 Å². The molecule has 2 aliphatic heterocycles. The van der Waals surface area contributed by atoms with Gasteiger partial charge in [0.15, 0.2) is 0 Å². The van der Waals surface area contributed by atoms with Crippen molar-refractivity contribution in [3.63, 3.8) is 0 Å². The van der Waals surface area contributed by atoms with Gasteiger partial charge in [0.2, 0.25) is 0 Å². The molecule has 2 fully saturated rings. The minimum absolute atomic E-state index is 0.00658. The molecule has 2 aromatic rings. The molecule has 35 heavy (non-hydrogen) atoms. The Hall–Kier alpha value is -3.07. The summed E-state index contributed by atoms with van der Waals surface area (Å²) in [6.07, 6.45) is 0.674. The van der Waals surface area contributed by atoms with Crippen LogP contribution in [0.4, 0.5) is 0 Å². The number of nitrogens with zero attached hydrogens (tertiary/aromatic N) is 2. The molecule has 1 N–H and O–H groups in total. The van der Waals surface area contributed by atoms with Gasteiger partial charge in [-0.2, -0.15) is 0 Å². The first-order chi connectivity index (χ1) is 17.0. The van der Waals surface area contributed by atoms with E-state index in [1.54, 1.807) is 24.3 Å². The van der Waals surface area contributed by atoms with Gasteiger partial charge in [-0.15, -0.1) is 0 Å². The Bertz CT molecular complexity index is 1130. The van der Waals surface area contributed by atoms with Crippen molar-refractivity contribution >= 4 is 29.1 Å². The van der Waals surface area contributed by atoms with Crippen molar-refractivity contribution in [3.05, 3.63) is 64.2 Å². The number of hydrogen-bond acceptors (Lipinski definition) is 7. The summed E-state index contributed by atoms with van der Waals surface area (Å²) in [4.78, 5) is 30.2. The fourth-order valence-electron chi connectivity index (χ4n) is 4.58. The topological polar surface area (TPSA) is 88.5 Å². The molecule has 0 spiro atoms. The van der Waals surface area contributed by atoms with Crippen LogP contribution in [0.2, 0.25) is 5.02 Å². The minimum atomic E-state index is -0.795. The lowest BCUT2D eigenvalue weighted by Crippen LogP contribution is -2.39. The van der Waals surface area contributed by atoms with E-state index >= 15 is 0 Å². The Labute approximate surface area is 209 Å². The largest absolute Gasteiger partial charge is 0.507 e. The van der Waals surface area contributed by atoms with Crippen LogP contribution in [0.1, 0.15) is 23.6 Å². The van der Waals surface area contributed by atoms with E-state index in [2.05, 4.69) is 4.90 Å². The molecule has 186 valence electrons. The highest BCUT2D eigenvalue weighted by Gasteiger charge is 2.46. The monoisotopic (exact) mass is 500 g/mol. The van der Waals surface area contributed by atoms with Crippen LogP contribution >= 0.6 is 11.6 Å². The zero-order chi connectivity index (χ0) is 24.9. The fraction of sp³-hybridized carbons (Fsp3) is 0.385. The number of benzene rings is 2. The number of methoxy groups -OCH3 is 2. The smallest absolute Gasteiger partial charge is 0.295 e. The second-order valence-corrected chi connectivity index (χ2v) is 8.80. The average Bonchev–Trinajstić information content (AvgIpc) is 3.13. The summed E-state index contributed by atoms with van der Waals surface area (Å²) < 4.78 is 16.1. The number of hydrogen-bond donors (Lipinski definition) is 1. The molecule has 0 aliphatic carbocycles. The van der Waals surface area contributed by atoms with Gasteiger partial charge in [-0.25, -0.2) is 0 Å². The number of rotatable bonds is 8. The van der Waals surface area contributed by atoms with Crippen molar-refractivity contribution in [2.24, 2.45) is 0 Å². The van der Waals surface area contributed by atoms with Gasteiger partial charge in [-0.1, -0.05) is 29.8 Å². The molecule has 0 bridgehead atoms. The summed E-state index contributed by atoms with van der Waals surface area (Å²) in [5.74, 6) is -0.718. The minimum Gasteiger partial charge on any atom is -0.507 e. The van der Waals surface area contributed by atoms with Gasteiger partial charge in [0, 0.05) is 37.3 Å². The molecular weight excluding hydrogens is 472 g/mol. The molecule has 9 heteroatoms. The van der Waals surface area contributed by atoms with E-state index in [-0.39, 0.29) is 16.4 Å². The average molecular weight is 501 g/mol. The maximum atomic E-state index is 13.3. The highest BCUT2D eigenvalue weighted by atomic mass is 35.5. The third kappa shape index (κ3) is 5.15. The van der Waals surface area contributed by atoms with E-state index in [1.165, 1.54) is 25.2 Å². The summed E-state index contributed by atoms with van der Waals surface area (Å²) in [5, 5.41) is 11.5. The van der Waals surface area contributed by atoms with Gasteiger partial charge in [0.1, 0.15) is 17.3 Å². The molecule has 2 aromatic carbocycles. The molecule has 0 radical (unpaired) electrons. The van der Waals surface area contributed by atoms with Crippen LogP contribution in [0.3, 0.4) is 0 Å². The number of Topliss-reactive ketones (excluding diaryl/α,β-unsaturated/α-hetero) is 1. The van der Waals surface area contributed by atoms with Gasteiger partial charge in [-0.3, -0.25) is 14.5 Å². The fourth-order valence-corrected chi connectivity index (χ4v) is 4.84. The van der Waals surface area contributed by atoms with Crippen LogP contribution in [-0.2, 0) is 14.3 Å². The molecule has 2 saturated heterocycles. The summed E-state index contributed by atoms with van der Waals surface area (Å²) in [6.45, 7) is 4.19. The third-order valence-electron chi connectivity index (χ3n) is 6.38. The second-order valence-electron chi connectivity index (χ2n) is 8.39. The van der Waals surface area contributed by atoms with Crippen LogP contribution in [0.15, 0.2) is 48.0 Å². The number of ketones is 1. The Morgan fingerprint density at radius 1 is 1.06 bits per heavy atom. The summed E-state index contributed by atoms with van der Waals surface area (Å²) in [6, 6.07) is 11.1. The lowest BCUT2D eigenvalue weighted by molar-refractivity contribution is -0.140. The first kappa shape index (κ1) is 25.0. The standard InChI is InChI=1S/C26H29ClN2O6/c1-33-20-7-4-3-6-18(20)23-22(24(30)17-8-9-21(34-2)19(27)16-17)25(31)26(32)29(23)11-5-10-28-12-14-35-15-13-28/h3-4,6-9,16,23,30H,5,10-15H2,1-2H3/b24-22+/t23-/m1/s1. The van der Waals surface area contributed by atoms with Gasteiger partial charge in [0.25, 0.3) is 11.7 Å². The number of amides is 1. The Balaban J connectivity index is 1.72. The lowest BCUT2D eigenvalue weighted by atomic mass is 9.94. The van der Waals surface area contributed by atoms with Crippen molar-refractivity contribution in [2.75, 3.05) is 53.6 Å². The zero-order valence-corrected chi connectivity index (χ0v) is 20.6. The number of aliphatic hydroxyl groups is 1. The van der Waals surface area contributed by atoms with E-state index in [1.807, 2.05) is 12.1 Å². The molecule has 0 saturated carbocycles. The summed E-state index contributed by atoms with van der Waals surface area (Å²) in [7, 11) is 3.03. The van der Waals surface area contributed by atoms with Gasteiger partial charge >= 0.3 is 0 Å². The molecule has 4 rings (SSSR count). The van der Waals surface area contributed by atoms with Crippen LogP contribution in [0.25, 0.3) is 5.76 Å². The van der Waals surface area contributed by atoms with Gasteiger partial charge in [0.05, 0.1) is 44.1 Å². The Morgan fingerprint density at radius 3 is 2.46 bits per heavy atom. The number of aliphatic hydroxyl groups excluding tert-OH is 1. The highest BCUT2D eigenvalue weighted by molar-refractivity contribution is 6.46. The number of ether oxygens (including phenoxy) is 3. The normalized spacial score (nSPS) is 20.3. The van der Waals surface area contributed by atoms with Crippen molar-refractivity contribution in [3.8, 4) is 11.5 Å². The lowest BCUT2D eigenvalue weighted by Gasteiger charge is -2.29. The molecule has 8 nitrogen and oxygen atoms in total. The van der Waals surface area contributed by atoms with Gasteiger partial charge in [-0.05, 0) is 30.7 Å². The van der Waals surface area contributed by atoms with E-state index < -0.39 is 17.7 Å². The third-order valence-corrected chi connectivity index (χ3v) is 6.67. The number of morpholine rings is 1. The first-order valence-corrected chi connectivity index (χ1v) is 11.9. The maximum Gasteiger partial charge on any atom is 0.295 e. The highest BCUT2D eigenvalue weighted by Crippen LogP contribution is 2.43. The number of likely N-dealkylation sites (tertiary alicyclic amines) is 1. The molecule has 2 heterocycles. The van der Waals surface area contributed by atoms with E-state index in [0.29, 0.717) is 48.8 Å². The SMILES string of the molecule is COc1ccc(/C(O)=C2\C(=O)C(=O)N(CCCN3CCOCC3)[C@@H]2c2ccccc2OC)cc1Cl. The van der Waals surface area contributed by atoms with Crippen molar-refractivity contribution in [1.82, 2.24) is 9.80 Å². The predicted molar refractivity (Wildman–Crippen MR) is 132 cm³/mol. The molecular formula is C26H29ClN2O6.